The summed E-state index contributed by atoms with van der Waals surface area (Å²) in [6, 6.07) is 0. The third kappa shape index (κ3) is 1210. The van der Waals surface area contributed by atoms with Crippen LogP contribution in [0.15, 0.2) is 0 Å². The molecule has 0 spiro atoms. The van der Waals surface area contributed by atoms with Crippen molar-refractivity contribution in [2.75, 3.05) is 0 Å². The third-order valence-electron chi connectivity index (χ3n) is 0. The van der Waals surface area contributed by atoms with E-state index in [9.17, 15) is 0 Å². The Hall–Kier alpha value is 2.39. The maximum atomic E-state index is 8.42. The van der Waals surface area contributed by atoms with Crippen LogP contribution < -0.4 is 60.3 Å². The summed E-state index contributed by atoms with van der Waals surface area (Å²) < 4.78 is 0. The van der Waals surface area contributed by atoms with E-state index in [0.717, 1.165) is 0 Å². The van der Waals surface area contributed by atoms with Gasteiger partial charge in [0.25, 0.3) is 0 Å². The van der Waals surface area contributed by atoms with Crippen molar-refractivity contribution in [3.8, 4) is 0 Å². The predicted molar refractivity (Wildman–Crippen MR) is 23.0 cm³/mol. The molecule has 0 aromatic carbocycles. The first kappa shape index (κ1) is 42.9. The summed E-state index contributed by atoms with van der Waals surface area (Å²) in [5, 5.41) is 101. The van der Waals surface area contributed by atoms with Crippen molar-refractivity contribution in [2.45, 2.75) is 0 Å². The summed E-state index contributed by atoms with van der Waals surface area (Å²) in [6.07, 6.45) is 0. The normalized spacial score (nSPS) is 5.68. The third-order valence-corrected chi connectivity index (χ3v) is 0. The molecular formula is B4Hf3O12. The Morgan fingerprint density at radius 2 is 0.263 bits per heavy atom. The predicted octanol–water partition coefficient (Wildman–Crippen LogP) is -15.8. The van der Waals surface area contributed by atoms with Crippen LogP contribution in [-0.4, -0.2) is 29.3 Å². The monoisotopic (exact) mass is 776 g/mol. The van der Waals surface area contributed by atoms with Gasteiger partial charge in [-0.1, -0.05) is 0 Å². The fourth-order valence-corrected chi connectivity index (χ4v) is 0. The van der Waals surface area contributed by atoms with Gasteiger partial charge in [-0.15, -0.1) is 0 Å². The molecule has 19 heteroatoms. The molecule has 0 heterocycles. The Balaban J connectivity index is -0.0000000192. The Bertz CT molecular complexity index is 68.0. The minimum atomic E-state index is -2.92. The van der Waals surface area contributed by atoms with Gasteiger partial charge < -0.3 is 60.3 Å². The molecule has 0 saturated carbocycles. The number of hydrogen-bond donors (Lipinski definition) is 0. The molecule has 0 unspecified atom stereocenters. The van der Waals surface area contributed by atoms with Crippen molar-refractivity contribution in [2.24, 2.45) is 0 Å². The van der Waals surface area contributed by atoms with E-state index in [0.29, 0.717) is 0 Å². The van der Waals surface area contributed by atoms with Crippen molar-refractivity contribution < 1.29 is 138 Å². The average Bonchev–Trinajstić information content (AvgIpc) is 1.76. The molecule has 19 heavy (non-hydrogen) atoms. The van der Waals surface area contributed by atoms with E-state index in [1.165, 1.54) is 0 Å². The minimum Gasteiger partial charge on any atom is -0.907 e. The molecule has 96 valence electrons. The van der Waals surface area contributed by atoms with Gasteiger partial charge in [0, 0.05) is 0 Å². The molecular weight excluding hydrogens is 771 g/mol. The quantitative estimate of drug-likeness (QED) is 0.208. The van der Waals surface area contributed by atoms with Gasteiger partial charge in [-0.05, 0) is 0 Å². The van der Waals surface area contributed by atoms with Crippen LogP contribution in [0.4, 0.5) is 0 Å². The summed E-state index contributed by atoms with van der Waals surface area (Å²) >= 11 is 0. The smallest absolute Gasteiger partial charge is 0.907 e. The van der Waals surface area contributed by atoms with Gasteiger partial charge in [-0.25, -0.2) is 0 Å². The summed E-state index contributed by atoms with van der Waals surface area (Å²) in [6.45, 7) is 0. The molecule has 0 rings (SSSR count). The maximum absolute atomic E-state index is 8.42. The summed E-state index contributed by atoms with van der Waals surface area (Å²) in [4.78, 5) is 0. The summed E-state index contributed by atoms with van der Waals surface area (Å²) in [5.41, 5.74) is 0. The van der Waals surface area contributed by atoms with E-state index >= 15 is 0 Å². The Morgan fingerprint density at radius 1 is 0.263 bits per heavy atom. The maximum Gasteiger partial charge on any atom is 4.00 e. The zero-order chi connectivity index (χ0) is 14.3. The van der Waals surface area contributed by atoms with Crippen LogP contribution in [0.3, 0.4) is 0 Å². The first-order valence-corrected chi connectivity index (χ1v) is 2.83. The van der Waals surface area contributed by atoms with E-state index in [-0.39, 0.29) is 77.5 Å². The van der Waals surface area contributed by atoms with Crippen molar-refractivity contribution >= 4 is 29.3 Å². The minimum absolute atomic E-state index is 0. The van der Waals surface area contributed by atoms with Crippen LogP contribution in [0.25, 0.3) is 0 Å². The van der Waals surface area contributed by atoms with Crippen molar-refractivity contribution in [1.29, 1.82) is 0 Å². The molecule has 0 N–H and O–H groups in total. The van der Waals surface area contributed by atoms with Crippen LogP contribution in [-0.2, 0) is 77.5 Å². The van der Waals surface area contributed by atoms with Gasteiger partial charge in [0.05, 0.1) is 0 Å². The zero-order valence-corrected chi connectivity index (χ0v) is 19.5. The van der Waals surface area contributed by atoms with Crippen LogP contribution in [0, 0.1) is 0 Å². The van der Waals surface area contributed by atoms with E-state index in [1.807, 2.05) is 0 Å². The Morgan fingerprint density at radius 3 is 0.263 bits per heavy atom. The van der Waals surface area contributed by atoms with Gasteiger partial charge >= 0.3 is 77.5 Å². The largest absolute Gasteiger partial charge is 4.00 e. The number of hydrogen-bond acceptors (Lipinski definition) is 12. The number of rotatable bonds is 0. The van der Waals surface area contributed by atoms with E-state index in [2.05, 4.69) is 0 Å². The molecule has 0 amide bonds. The van der Waals surface area contributed by atoms with Gasteiger partial charge in [0.15, 0.2) is 0 Å². The fraction of sp³-hybridized carbons (Fsp3) is 0. The van der Waals surface area contributed by atoms with Gasteiger partial charge in [-0.2, -0.15) is 0 Å². The van der Waals surface area contributed by atoms with Crippen molar-refractivity contribution in [3.05, 3.63) is 0 Å². The van der Waals surface area contributed by atoms with Gasteiger partial charge in [0.1, 0.15) is 0 Å². The molecule has 0 bridgehead atoms. The van der Waals surface area contributed by atoms with Crippen LogP contribution >= 0.6 is 0 Å². The Kier molecular flexibility index (Phi) is 83.7. The van der Waals surface area contributed by atoms with Crippen molar-refractivity contribution in [3.63, 3.8) is 0 Å². The van der Waals surface area contributed by atoms with Gasteiger partial charge in [0.2, 0.25) is 0 Å². The molecule has 0 aliphatic rings. The first-order chi connectivity index (χ1) is 6.93. The second-order valence-corrected chi connectivity index (χ2v) is 1.15. The molecule has 0 radical (unpaired) electrons. The molecule has 0 saturated heterocycles. The first-order valence-electron chi connectivity index (χ1n) is 2.83. The second-order valence-electron chi connectivity index (χ2n) is 1.15. The molecule has 0 fully saturated rings. The molecule has 0 aliphatic carbocycles. The van der Waals surface area contributed by atoms with Crippen LogP contribution in [0.5, 0.6) is 0 Å². The zero-order valence-electron chi connectivity index (χ0n) is 8.71. The summed E-state index contributed by atoms with van der Waals surface area (Å²) in [5.74, 6) is 0. The van der Waals surface area contributed by atoms with Crippen LogP contribution in [0.2, 0.25) is 0 Å². The summed E-state index contributed by atoms with van der Waals surface area (Å²) in [7, 11) is -11.7. The molecule has 0 aliphatic heterocycles. The van der Waals surface area contributed by atoms with E-state index in [4.69, 9.17) is 60.3 Å². The van der Waals surface area contributed by atoms with Crippen molar-refractivity contribution in [1.82, 2.24) is 0 Å². The SMILES string of the molecule is [Hf+4].[Hf+4].[Hf+4].[O-]B([O-])[O-].[O-]B([O-])[O-].[O-]B([O-])[O-].[O-]B([O-])[O-]. The van der Waals surface area contributed by atoms with E-state index in [1.54, 1.807) is 0 Å². The molecule has 12 nitrogen and oxygen atoms in total. The van der Waals surface area contributed by atoms with E-state index < -0.39 is 29.3 Å². The molecule has 0 aromatic rings. The average molecular weight is 771 g/mol. The standard InChI is InChI=1S/4BO3.3Hf/c4*2-1(3)4;;;/q4*-3;3*+4. The second kappa shape index (κ2) is 37.0. The Labute approximate surface area is 165 Å². The molecule has 0 aromatic heterocycles. The van der Waals surface area contributed by atoms with Gasteiger partial charge in [-0.3, -0.25) is 29.3 Å². The topological polar surface area (TPSA) is 277 Å². The van der Waals surface area contributed by atoms with Crippen LogP contribution in [0.1, 0.15) is 0 Å². The molecule has 0 atom stereocenters. The fourth-order valence-electron chi connectivity index (χ4n) is 0.